The van der Waals surface area contributed by atoms with Crippen LogP contribution in [0.5, 0.6) is 0 Å². The number of fused-ring (bicyclic) bond motifs is 4. The maximum atomic E-state index is 4.89. The Balaban J connectivity index is 1.43. The summed E-state index contributed by atoms with van der Waals surface area (Å²) in [6.45, 7) is 0. The van der Waals surface area contributed by atoms with Crippen molar-refractivity contribution in [3.05, 3.63) is 109 Å². The first-order valence-electron chi connectivity index (χ1n) is 10.9. The van der Waals surface area contributed by atoms with Gasteiger partial charge in [0.05, 0.1) is 27.3 Å². The van der Waals surface area contributed by atoms with Crippen molar-refractivity contribution in [3.8, 4) is 10.6 Å². The third-order valence-electron chi connectivity index (χ3n) is 6.08. The van der Waals surface area contributed by atoms with E-state index in [1.807, 2.05) is 17.8 Å². The summed E-state index contributed by atoms with van der Waals surface area (Å²) in [5.74, 6) is 0. The number of para-hydroxylation sites is 2. The first-order chi connectivity index (χ1) is 16.3. The van der Waals surface area contributed by atoms with Crippen LogP contribution in [0.25, 0.3) is 31.6 Å². The minimum atomic E-state index is 1.06. The second-order valence-electron chi connectivity index (χ2n) is 8.07. The average Bonchev–Trinajstić information content (AvgIpc) is 3.31. The Bertz CT molecular complexity index is 1630. The van der Waals surface area contributed by atoms with E-state index >= 15 is 0 Å². The van der Waals surface area contributed by atoms with E-state index in [0.29, 0.717) is 0 Å². The van der Waals surface area contributed by atoms with E-state index in [1.54, 1.807) is 11.3 Å². The summed E-state index contributed by atoms with van der Waals surface area (Å²) in [6.07, 6.45) is 0. The first-order valence-corrected chi connectivity index (χ1v) is 12.5. The van der Waals surface area contributed by atoms with E-state index < -0.39 is 0 Å². The molecule has 156 valence electrons. The van der Waals surface area contributed by atoms with E-state index in [-0.39, 0.29) is 0 Å². The van der Waals surface area contributed by atoms with Crippen LogP contribution in [0.2, 0.25) is 0 Å². The van der Waals surface area contributed by atoms with Crippen LogP contribution in [-0.4, -0.2) is 4.98 Å². The molecule has 0 saturated carbocycles. The molecular formula is C29H18N2S2. The standard InChI is InChI=1S/C29H18N2S2/c1-2-10-21-19(8-1)9-7-13-23(21)31-24-12-4-6-15-27(24)32-28-18-20(16-17-25(28)31)29-30-22-11-3-5-14-26(22)33-29/h1-18H. The first kappa shape index (κ1) is 18.9. The molecule has 2 nitrogen and oxygen atoms in total. The lowest BCUT2D eigenvalue weighted by molar-refractivity contribution is 1.17. The maximum absolute atomic E-state index is 4.89. The van der Waals surface area contributed by atoms with Crippen molar-refractivity contribution >= 4 is 61.1 Å². The monoisotopic (exact) mass is 458 g/mol. The van der Waals surface area contributed by atoms with Crippen LogP contribution in [-0.2, 0) is 0 Å². The van der Waals surface area contributed by atoms with Gasteiger partial charge in [0, 0.05) is 20.7 Å². The van der Waals surface area contributed by atoms with E-state index in [4.69, 9.17) is 4.98 Å². The van der Waals surface area contributed by atoms with Crippen molar-refractivity contribution in [2.45, 2.75) is 9.79 Å². The fraction of sp³-hybridized carbons (Fsp3) is 0. The van der Waals surface area contributed by atoms with Crippen molar-refractivity contribution in [3.63, 3.8) is 0 Å². The number of nitrogens with zero attached hydrogens (tertiary/aromatic N) is 2. The predicted molar refractivity (Wildman–Crippen MR) is 141 cm³/mol. The fourth-order valence-corrected chi connectivity index (χ4v) is 6.61. The van der Waals surface area contributed by atoms with Crippen LogP contribution in [0.4, 0.5) is 17.1 Å². The number of hydrogen-bond acceptors (Lipinski definition) is 4. The molecule has 0 N–H and O–H groups in total. The molecule has 4 heteroatoms. The highest BCUT2D eigenvalue weighted by Crippen LogP contribution is 2.53. The predicted octanol–water partition coefficient (Wildman–Crippen LogP) is 9.05. The lowest BCUT2D eigenvalue weighted by Crippen LogP contribution is -2.15. The molecule has 1 aromatic heterocycles. The van der Waals surface area contributed by atoms with Gasteiger partial charge in [-0.1, -0.05) is 72.4 Å². The van der Waals surface area contributed by atoms with Crippen molar-refractivity contribution in [2.75, 3.05) is 4.90 Å². The molecule has 0 unspecified atom stereocenters. The molecule has 0 bridgehead atoms. The minimum Gasteiger partial charge on any atom is -0.308 e. The smallest absolute Gasteiger partial charge is 0.124 e. The molecule has 33 heavy (non-hydrogen) atoms. The number of benzene rings is 5. The van der Waals surface area contributed by atoms with Gasteiger partial charge in [-0.15, -0.1) is 11.3 Å². The van der Waals surface area contributed by atoms with Crippen molar-refractivity contribution in [1.82, 2.24) is 4.98 Å². The molecule has 1 aliphatic rings. The summed E-state index contributed by atoms with van der Waals surface area (Å²) in [4.78, 5) is 9.81. The van der Waals surface area contributed by atoms with Gasteiger partial charge in [0.15, 0.2) is 0 Å². The lowest BCUT2D eigenvalue weighted by Gasteiger charge is -2.33. The van der Waals surface area contributed by atoms with E-state index in [2.05, 4.69) is 108 Å². The maximum Gasteiger partial charge on any atom is 0.124 e. The number of anilines is 3. The van der Waals surface area contributed by atoms with Gasteiger partial charge in [-0.2, -0.15) is 0 Å². The van der Waals surface area contributed by atoms with Crippen LogP contribution >= 0.6 is 23.1 Å². The van der Waals surface area contributed by atoms with Gasteiger partial charge in [0.25, 0.3) is 0 Å². The largest absolute Gasteiger partial charge is 0.308 e. The van der Waals surface area contributed by atoms with E-state index in [9.17, 15) is 0 Å². The molecular weight excluding hydrogens is 440 g/mol. The Morgan fingerprint density at radius 3 is 2.33 bits per heavy atom. The SMILES string of the molecule is c1ccc2c(c1)Sc1cc(-c3nc4ccccc4s3)ccc1N2c1cccc2ccccc12. The molecule has 1 aliphatic heterocycles. The molecule has 0 fully saturated rings. The summed E-state index contributed by atoms with van der Waals surface area (Å²) >= 11 is 3.59. The average molecular weight is 459 g/mol. The molecule has 0 spiro atoms. The van der Waals surface area contributed by atoms with Crippen LogP contribution in [0.3, 0.4) is 0 Å². The zero-order valence-corrected chi connectivity index (χ0v) is 19.2. The Labute approximate surface area is 200 Å². The highest BCUT2D eigenvalue weighted by atomic mass is 32.2. The van der Waals surface area contributed by atoms with Gasteiger partial charge in [-0.3, -0.25) is 0 Å². The van der Waals surface area contributed by atoms with Crippen LogP contribution in [0, 0.1) is 0 Å². The summed E-state index contributed by atoms with van der Waals surface area (Å²) in [6, 6.07) is 39.0. The molecule has 0 aliphatic carbocycles. The molecule has 0 atom stereocenters. The Kier molecular flexibility index (Phi) is 4.29. The summed E-state index contributed by atoms with van der Waals surface area (Å²) in [7, 11) is 0. The van der Waals surface area contributed by atoms with Gasteiger partial charge in [-0.05, 0) is 53.9 Å². The molecule has 0 amide bonds. The third-order valence-corrected chi connectivity index (χ3v) is 8.27. The van der Waals surface area contributed by atoms with E-state index in [0.717, 1.165) is 10.5 Å². The van der Waals surface area contributed by atoms with Crippen molar-refractivity contribution in [1.29, 1.82) is 0 Å². The molecule has 0 radical (unpaired) electrons. The van der Waals surface area contributed by atoms with Crippen LogP contribution in [0.15, 0.2) is 119 Å². The van der Waals surface area contributed by atoms with Crippen LogP contribution in [0.1, 0.15) is 0 Å². The normalized spacial score (nSPS) is 12.7. The van der Waals surface area contributed by atoms with Gasteiger partial charge >= 0.3 is 0 Å². The third kappa shape index (κ3) is 3.06. The molecule has 0 saturated heterocycles. The zero-order chi connectivity index (χ0) is 21.8. The molecule has 6 aromatic rings. The quantitative estimate of drug-likeness (QED) is 0.257. The van der Waals surface area contributed by atoms with Gasteiger partial charge in [0.2, 0.25) is 0 Å². The number of hydrogen-bond donors (Lipinski definition) is 0. The molecule has 7 rings (SSSR count). The molecule has 2 heterocycles. The fourth-order valence-electron chi connectivity index (χ4n) is 4.55. The Morgan fingerprint density at radius 2 is 1.36 bits per heavy atom. The second kappa shape index (κ2) is 7.48. The number of aromatic nitrogens is 1. The van der Waals surface area contributed by atoms with Gasteiger partial charge in [-0.25, -0.2) is 4.98 Å². The topological polar surface area (TPSA) is 16.1 Å². The second-order valence-corrected chi connectivity index (χ2v) is 10.2. The van der Waals surface area contributed by atoms with E-state index in [1.165, 1.54) is 47.9 Å². The lowest BCUT2D eigenvalue weighted by atomic mass is 10.1. The Morgan fingerprint density at radius 1 is 0.606 bits per heavy atom. The van der Waals surface area contributed by atoms with Gasteiger partial charge in [0.1, 0.15) is 5.01 Å². The van der Waals surface area contributed by atoms with Crippen molar-refractivity contribution in [2.24, 2.45) is 0 Å². The summed E-state index contributed by atoms with van der Waals surface area (Å²) in [5.41, 5.74) is 5.86. The summed E-state index contributed by atoms with van der Waals surface area (Å²) < 4.78 is 1.22. The number of rotatable bonds is 2. The van der Waals surface area contributed by atoms with Crippen molar-refractivity contribution < 1.29 is 0 Å². The van der Waals surface area contributed by atoms with Crippen LogP contribution < -0.4 is 4.90 Å². The molecule has 5 aromatic carbocycles. The highest BCUT2D eigenvalue weighted by Gasteiger charge is 2.26. The minimum absolute atomic E-state index is 1.06. The number of thiazole rings is 1. The summed E-state index contributed by atoms with van der Waals surface area (Å²) in [5, 5.41) is 3.57. The Hall–Kier alpha value is -3.60. The zero-order valence-electron chi connectivity index (χ0n) is 17.6. The highest BCUT2D eigenvalue weighted by molar-refractivity contribution is 7.99. The van der Waals surface area contributed by atoms with Gasteiger partial charge < -0.3 is 4.90 Å².